The van der Waals surface area contributed by atoms with Gasteiger partial charge in [0.1, 0.15) is 5.69 Å². The summed E-state index contributed by atoms with van der Waals surface area (Å²) in [4.78, 5) is 19.4. The predicted molar refractivity (Wildman–Crippen MR) is 139 cm³/mol. The number of rotatable bonds is 7. The lowest BCUT2D eigenvalue weighted by Gasteiger charge is -2.43. The van der Waals surface area contributed by atoms with E-state index in [4.69, 9.17) is 17.3 Å². The molecule has 3 aromatic carbocycles. The number of imidazole rings is 1. The molecular weight excluding hydrogens is 456 g/mol. The number of hydrogen-bond acceptors (Lipinski definition) is 3. The first-order valence-electron chi connectivity index (χ1n) is 12.0. The standard InChI is InChI=1S/C29H29ClN4O/c30-25-13-11-22(12-14-25)19-34-21-32-26(27(34)28(31)35)20-33-17-15-29(16-18-33,23-7-3-1-4-8-23)24-9-5-2-6-10-24/h1-14,21H,15-20H2,(H2,31,35). The summed E-state index contributed by atoms with van der Waals surface area (Å²) >= 11 is 6.01. The van der Waals surface area contributed by atoms with Crippen molar-refractivity contribution >= 4 is 17.5 Å². The summed E-state index contributed by atoms with van der Waals surface area (Å²) in [6, 6.07) is 29.2. The highest BCUT2D eigenvalue weighted by Gasteiger charge is 2.38. The second kappa shape index (κ2) is 10.1. The normalized spacial score (nSPS) is 15.7. The minimum Gasteiger partial charge on any atom is -0.364 e. The molecule has 0 atom stereocenters. The van der Waals surface area contributed by atoms with Crippen molar-refractivity contribution in [3.8, 4) is 0 Å². The number of halogens is 1. The second-order valence-electron chi connectivity index (χ2n) is 9.25. The van der Waals surface area contributed by atoms with Crippen molar-refractivity contribution in [2.45, 2.75) is 31.3 Å². The van der Waals surface area contributed by atoms with Gasteiger partial charge in [-0.05, 0) is 54.8 Å². The monoisotopic (exact) mass is 484 g/mol. The van der Waals surface area contributed by atoms with E-state index in [0.717, 1.165) is 37.2 Å². The van der Waals surface area contributed by atoms with Gasteiger partial charge in [0, 0.05) is 23.5 Å². The first-order chi connectivity index (χ1) is 17.0. The average Bonchev–Trinajstić information content (AvgIpc) is 3.29. The molecule has 1 amide bonds. The molecule has 0 bridgehead atoms. The van der Waals surface area contributed by atoms with E-state index < -0.39 is 5.91 Å². The van der Waals surface area contributed by atoms with E-state index in [-0.39, 0.29) is 5.41 Å². The van der Waals surface area contributed by atoms with Crippen LogP contribution < -0.4 is 5.73 Å². The van der Waals surface area contributed by atoms with Crippen LogP contribution in [0.25, 0.3) is 0 Å². The maximum Gasteiger partial charge on any atom is 0.267 e. The van der Waals surface area contributed by atoms with Crippen LogP contribution in [0.5, 0.6) is 0 Å². The van der Waals surface area contributed by atoms with Gasteiger partial charge in [0.05, 0.1) is 12.0 Å². The van der Waals surface area contributed by atoms with Gasteiger partial charge >= 0.3 is 0 Å². The van der Waals surface area contributed by atoms with Gasteiger partial charge in [0.25, 0.3) is 5.91 Å². The Labute approximate surface area is 211 Å². The summed E-state index contributed by atoms with van der Waals surface area (Å²) in [5.74, 6) is -0.452. The van der Waals surface area contributed by atoms with Crippen LogP contribution in [0.2, 0.25) is 5.02 Å². The van der Waals surface area contributed by atoms with E-state index in [1.165, 1.54) is 11.1 Å². The number of carbonyl (C=O) groups is 1. The van der Waals surface area contributed by atoms with Crippen LogP contribution in [0.3, 0.4) is 0 Å². The fraction of sp³-hybridized carbons (Fsp3) is 0.241. The Morgan fingerprint density at radius 2 is 1.43 bits per heavy atom. The molecule has 0 radical (unpaired) electrons. The van der Waals surface area contributed by atoms with Gasteiger partial charge in [0.2, 0.25) is 0 Å². The van der Waals surface area contributed by atoms with Gasteiger partial charge in [-0.2, -0.15) is 0 Å². The van der Waals surface area contributed by atoms with Crippen LogP contribution >= 0.6 is 11.6 Å². The Bertz CT molecular complexity index is 1240. The van der Waals surface area contributed by atoms with Crippen molar-refractivity contribution < 1.29 is 4.79 Å². The Morgan fingerprint density at radius 1 is 0.857 bits per heavy atom. The van der Waals surface area contributed by atoms with Crippen molar-refractivity contribution in [3.63, 3.8) is 0 Å². The highest BCUT2D eigenvalue weighted by Crippen LogP contribution is 2.41. The van der Waals surface area contributed by atoms with Crippen molar-refractivity contribution in [3.05, 3.63) is 124 Å². The number of benzene rings is 3. The lowest BCUT2D eigenvalue weighted by atomic mass is 9.68. The van der Waals surface area contributed by atoms with Gasteiger partial charge < -0.3 is 10.3 Å². The summed E-state index contributed by atoms with van der Waals surface area (Å²) in [7, 11) is 0. The van der Waals surface area contributed by atoms with Crippen molar-refractivity contribution in [1.82, 2.24) is 14.5 Å². The number of nitrogens with zero attached hydrogens (tertiary/aromatic N) is 3. The maximum atomic E-state index is 12.4. The molecule has 1 aliphatic heterocycles. The van der Waals surface area contributed by atoms with Gasteiger partial charge in [-0.3, -0.25) is 9.69 Å². The van der Waals surface area contributed by atoms with Gasteiger partial charge in [-0.25, -0.2) is 4.98 Å². The lowest BCUT2D eigenvalue weighted by Crippen LogP contribution is -2.43. The molecule has 5 nitrogen and oxygen atoms in total. The molecule has 1 fully saturated rings. The molecule has 2 heterocycles. The van der Waals surface area contributed by atoms with E-state index in [1.54, 1.807) is 6.33 Å². The Hall–Kier alpha value is -3.41. The average molecular weight is 485 g/mol. The SMILES string of the molecule is NC(=O)c1c(CN2CCC(c3ccccc3)(c3ccccc3)CC2)ncn1Cc1ccc(Cl)cc1. The van der Waals surface area contributed by atoms with Crippen LogP contribution in [-0.2, 0) is 18.5 Å². The van der Waals surface area contributed by atoms with E-state index in [1.807, 2.05) is 28.8 Å². The van der Waals surface area contributed by atoms with Gasteiger partial charge in [-0.15, -0.1) is 0 Å². The van der Waals surface area contributed by atoms with Crippen LogP contribution in [0.1, 0.15) is 45.7 Å². The molecule has 0 saturated carbocycles. The third-order valence-electron chi connectivity index (χ3n) is 7.15. The molecule has 5 rings (SSSR count). The fourth-order valence-electron chi connectivity index (χ4n) is 5.29. The molecular formula is C29H29ClN4O. The zero-order valence-electron chi connectivity index (χ0n) is 19.6. The van der Waals surface area contributed by atoms with E-state index >= 15 is 0 Å². The highest BCUT2D eigenvalue weighted by molar-refractivity contribution is 6.30. The Balaban J connectivity index is 1.35. The van der Waals surface area contributed by atoms with Gasteiger partial charge in [-0.1, -0.05) is 84.4 Å². The predicted octanol–water partition coefficient (Wildman–Crippen LogP) is 5.27. The summed E-state index contributed by atoms with van der Waals surface area (Å²) in [6.45, 7) is 2.94. The molecule has 1 aromatic heterocycles. The molecule has 1 saturated heterocycles. The molecule has 178 valence electrons. The van der Waals surface area contributed by atoms with Crippen LogP contribution in [0.4, 0.5) is 0 Å². The van der Waals surface area contributed by atoms with Crippen LogP contribution in [-0.4, -0.2) is 33.4 Å². The maximum absolute atomic E-state index is 12.4. The van der Waals surface area contributed by atoms with E-state index in [9.17, 15) is 4.79 Å². The summed E-state index contributed by atoms with van der Waals surface area (Å²) in [5.41, 5.74) is 10.7. The van der Waals surface area contributed by atoms with Crippen molar-refractivity contribution in [2.24, 2.45) is 5.73 Å². The van der Waals surface area contributed by atoms with E-state index in [0.29, 0.717) is 23.8 Å². The summed E-state index contributed by atoms with van der Waals surface area (Å²) in [6.07, 6.45) is 3.71. The van der Waals surface area contributed by atoms with Crippen LogP contribution in [0.15, 0.2) is 91.3 Å². The molecule has 4 aromatic rings. The molecule has 0 spiro atoms. The number of piperidine rings is 1. The molecule has 1 aliphatic rings. The molecule has 6 heteroatoms. The van der Waals surface area contributed by atoms with Crippen LogP contribution in [0, 0.1) is 0 Å². The summed E-state index contributed by atoms with van der Waals surface area (Å²) in [5, 5.41) is 0.683. The third kappa shape index (κ3) is 4.88. The molecule has 0 aliphatic carbocycles. The third-order valence-corrected chi connectivity index (χ3v) is 7.40. The zero-order valence-corrected chi connectivity index (χ0v) is 20.4. The number of primary amides is 1. The summed E-state index contributed by atoms with van der Waals surface area (Å²) < 4.78 is 1.84. The lowest BCUT2D eigenvalue weighted by molar-refractivity contribution is 0.0988. The fourth-order valence-corrected chi connectivity index (χ4v) is 5.42. The Kier molecular flexibility index (Phi) is 6.71. The zero-order chi connectivity index (χ0) is 24.3. The quantitative estimate of drug-likeness (QED) is 0.389. The molecule has 0 unspecified atom stereocenters. The smallest absolute Gasteiger partial charge is 0.267 e. The second-order valence-corrected chi connectivity index (χ2v) is 9.69. The first-order valence-corrected chi connectivity index (χ1v) is 12.3. The Morgan fingerprint density at radius 3 is 1.97 bits per heavy atom. The highest BCUT2D eigenvalue weighted by atomic mass is 35.5. The number of likely N-dealkylation sites (tertiary alicyclic amines) is 1. The topological polar surface area (TPSA) is 64.2 Å². The number of carbonyl (C=O) groups excluding carboxylic acids is 1. The van der Waals surface area contributed by atoms with Gasteiger partial charge in [0.15, 0.2) is 0 Å². The van der Waals surface area contributed by atoms with Crippen molar-refractivity contribution in [2.75, 3.05) is 13.1 Å². The minimum atomic E-state index is -0.452. The number of amides is 1. The molecule has 2 N–H and O–H groups in total. The number of aromatic nitrogens is 2. The first kappa shape index (κ1) is 23.3. The van der Waals surface area contributed by atoms with Crippen molar-refractivity contribution in [1.29, 1.82) is 0 Å². The molecule has 35 heavy (non-hydrogen) atoms. The largest absolute Gasteiger partial charge is 0.364 e. The number of nitrogens with two attached hydrogens (primary N) is 1. The number of hydrogen-bond donors (Lipinski definition) is 1. The minimum absolute atomic E-state index is 0.0144. The van der Waals surface area contributed by atoms with E-state index in [2.05, 4.69) is 70.5 Å².